The molecule has 44 valence electrons. The van der Waals surface area contributed by atoms with Gasteiger partial charge < -0.3 is 5.73 Å². The summed E-state index contributed by atoms with van der Waals surface area (Å²) in [5, 5.41) is 10.8. The fourth-order valence-electron chi connectivity index (χ4n) is 0.0974. The van der Waals surface area contributed by atoms with Crippen LogP contribution in [0.4, 0.5) is 0 Å². The molecule has 0 aromatic carbocycles. The minimum Gasteiger partial charge on any atom is -0.323 e. The Morgan fingerprint density at radius 2 is 2.43 bits per heavy atom. The largest absolute Gasteiger partial charge is 0.323 e. The van der Waals surface area contributed by atoms with Crippen molar-refractivity contribution in [2.75, 3.05) is 0 Å². The second-order valence-electron chi connectivity index (χ2n) is 1.06. The summed E-state index contributed by atoms with van der Waals surface area (Å²) in [7, 11) is -0.00579. The van der Waals surface area contributed by atoms with Crippen molar-refractivity contribution in [3.8, 4) is 0 Å². The van der Waals surface area contributed by atoms with Crippen molar-refractivity contribution >= 4 is 8.81 Å². The normalized spacial score (nSPS) is 15.9. The fraction of sp³-hybridized carbons (Fsp3) is 1.00. The third kappa shape index (κ3) is 6.27. The quantitative estimate of drug-likeness (QED) is 0.323. The van der Waals surface area contributed by atoms with Gasteiger partial charge in [-0.2, -0.15) is 4.67 Å². The van der Waals surface area contributed by atoms with Gasteiger partial charge in [-0.05, 0) is 6.92 Å². The maximum Gasteiger partial charge on any atom is 0.0769 e. The Hall–Kier alpha value is 0.270. The SMILES string of the molecule is CC(N)POOO. The van der Waals surface area contributed by atoms with Crippen molar-refractivity contribution in [1.82, 2.24) is 0 Å². The fourth-order valence-corrected chi connectivity index (χ4v) is 0.292. The van der Waals surface area contributed by atoms with E-state index in [4.69, 9.17) is 11.0 Å². The number of nitrogens with two attached hydrogens (primary N) is 1. The minimum atomic E-state index is -0.0767. The number of hydrogen-bond acceptors (Lipinski definition) is 4. The van der Waals surface area contributed by atoms with E-state index in [9.17, 15) is 0 Å². The Bertz CT molecular complexity index is 41.9. The van der Waals surface area contributed by atoms with Gasteiger partial charge >= 0.3 is 0 Å². The van der Waals surface area contributed by atoms with E-state index in [1.54, 1.807) is 6.92 Å². The third-order valence-corrected chi connectivity index (χ3v) is 0.814. The van der Waals surface area contributed by atoms with Crippen molar-refractivity contribution in [2.45, 2.75) is 12.7 Å². The Labute approximate surface area is 43.3 Å². The molecule has 0 saturated carbocycles. The van der Waals surface area contributed by atoms with Crippen LogP contribution in [0.5, 0.6) is 0 Å². The molecule has 0 radical (unpaired) electrons. The molecule has 5 heteroatoms. The molecule has 0 fully saturated rings. The molecule has 0 bridgehead atoms. The first-order chi connectivity index (χ1) is 3.27. The highest BCUT2D eigenvalue weighted by molar-refractivity contribution is 7.32. The van der Waals surface area contributed by atoms with Gasteiger partial charge in [-0.3, -0.25) is 0 Å². The van der Waals surface area contributed by atoms with Crippen LogP contribution in [0.15, 0.2) is 0 Å². The van der Waals surface area contributed by atoms with E-state index in [1.165, 1.54) is 0 Å². The summed E-state index contributed by atoms with van der Waals surface area (Å²) in [6.45, 7) is 1.75. The lowest BCUT2D eigenvalue weighted by atomic mass is 10.8. The maximum atomic E-state index is 7.54. The highest BCUT2D eigenvalue weighted by Crippen LogP contribution is 2.13. The van der Waals surface area contributed by atoms with E-state index in [1.807, 2.05) is 0 Å². The molecule has 0 amide bonds. The molecule has 3 N–H and O–H groups in total. The van der Waals surface area contributed by atoms with Gasteiger partial charge in [0.15, 0.2) is 0 Å². The van der Waals surface area contributed by atoms with Crippen LogP contribution in [0, 0.1) is 0 Å². The second kappa shape index (κ2) is 4.43. The summed E-state index contributed by atoms with van der Waals surface area (Å²) in [5.74, 6) is -0.0767. The minimum absolute atomic E-state index is 0.00579. The molecule has 0 aliphatic carbocycles. The van der Waals surface area contributed by atoms with E-state index in [0.29, 0.717) is 0 Å². The van der Waals surface area contributed by atoms with Gasteiger partial charge in [0.2, 0.25) is 0 Å². The average Bonchev–Trinajstić information content (AvgIpc) is 1.61. The molecule has 0 spiro atoms. The van der Waals surface area contributed by atoms with Gasteiger partial charge in [0.05, 0.1) is 8.81 Å². The van der Waals surface area contributed by atoms with Crippen molar-refractivity contribution in [3.63, 3.8) is 0 Å². The lowest BCUT2D eigenvalue weighted by Gasteiger charge is -1.98. The summed E-state index contributed by atoms with van der Waals surface area (Å²) >= 11 is 0. The molecule has 0 aliphatic heterocycles. The van der Waals surface area contributed by atoms with Crippen molar-refractivity contribution in [2.24, 2.45) is 5.73 Å². The van der Waals surface area contributed by atoms with Gasteiger partial charge in [-0.15, -0.1) is 0 Å². The number of rotatable bonds is 3. The third-order valence-electron chi connectivity index (χ3n) is 0.271. The Morgan fingerprint density at radius 3 is 2.57 bits per heavy atom. The van der Waals surface area contributed by atoms with E-state index in [2.05, 4.69) is 9.71 Å². The standard InChI is InChI=1S/C2H8NO3P/c1-2(3)7-6-5-4/h2,4,7H,3H2,1H3. The molecule has 0 aromatic rings. The average molecular weight is 125 g/mol. The van der Waals surface area contributed by atoms with Crippen LogP contribution in [0.2, 0.25) is 0 Å². The maximum absolute atomic E-state index is 7.54. The molecule has 7 heavy (non-hydrogen) atoms. The molecule has 0 saturated heterocycles. The summed E-state index contributed by atoms with van der Waals surface area (Å²) in [6.07, 6.45) is 0. The molecule has 0 rings (SSSR count). The summed E-state index contributed by atoms with van der Waals surface area (Å²) in [5.41, 5.74) is 5.17. The van der Waals surface area contributed by atoms with Crippen LogP contribution in [-0.2, 0) is 9.71 Å². The van der Waals surface area contributed by atoms with Crippen molar-refractivity contribution in [1.29, 1.82) is 0 Å². The van der Waals surface area contributed by atoms with E-state index < -0.39 is 0 Å². The summed E-state index contributed by atoms with van der Waals surface area (Å²) in [6, 6.07) is 0. The Balaban J connectivity index is 2.68. The molecular weight excluding hydrogens is 117 g/mol. The van der Waals surface area contributed by atoms with Gasteiger partial charge in [-0.1, -0.05) is 5.04 Å². The first-order valence-electron chi connectivity index (χ1n) is 1.75. The van der Waals surface area contributed by atoms with Crippen molar-refractivity contribution in [3.05, 3.63) is 0 Å². The van der Waals surface area contributed by atoms with Gasteiger partial charge in [0.25, 0.3) is 0 Å². The summed E-state index contributed by atoms with van der Waals surface area (Å²) < 4.78 is 4.05. The van der Waals surface area contributed by atoms with Crippen LogP contribution in [0.3, 0.4) is 0 Å². The molecule has 4 nitrogen and oxygen atoms in total. The zero-order chi connectivity index (χ0) is 5.70. The highest BCUT2D eigenvalue weighted by Gasteiger charge is 1.90. The molecule has 2 unspecified atom stereocenters. The van der Waals surface area contributed by atoms with E-state index in [-0.39, 0.29) is 14.6 Å². The van der Waals surface area contributed by atoms with Crippen LogP contribution >= 0.6 is 8.81 Å². The first-order valence-corrected chi connectivity index (χ1v) is 2.74. The van der Waals surface area contributed by atoms with Crippen LogP contribution < -0.4 is 5.73 Å². The van der Waals surface area contributed by atoms with Crippen LogP contribution in [0.1, 0.15) is 6.92 Å². The topological polar surface area (TPSA) is 64.7 Å². The van der Waals surface area contributed by atoms with Gasteiger partial charge in [-0.25, -0.2) is 5.26 Å². The molecule has 0 aliphatic rings. The predicted molar refractivity (Wildman–Crippen MR) is 26.8 cm³/mol. The number of hydrogen-bond donors (Lipinski definition) is 2. The van der Waals surface area contributed by atoms with Gasteiger partial charge in [0, 0.05) is 5.78 Å². The lowest BCUT2D eigenvalue weighted by molar-refractivity contribution is -0.435. The zero-order valence-electron chi connectivity index (χ0n) is 3.92. The van der Waals surface area contributed by atoms with E-state index >= 15 is 0 Å². The monoisotopic (exact) mass is 125 g/mol. The molecule has 0 heterocycles. The van der Waals surface area contributed by atoms with Gasteiger partial charge in [0.1, 0.15) is 0 Å². The Morgan fingerprint density at radius 1 is 1.86 bits per heavy atom. The lowest BCUT2D eigenvalue weighted by Crippen LogP contribution is -2.07. The predicted octanol–water partition coefficient (Wildman–Crippen LogP) is 0.306. The highest BCUT2D eigenvalue weighted by atomic mass is 31.1. The van der Waals surface area contributed by atoms with Crippen LogP contribution in [-0.4, -0.2) is 11.0 Å². The second-order valence-corrected chi connectivity index (χ2v) is 2.38. The first kappa shape index (κ1) is 7.27. The van der Waals surface area contributed by atoms with Crippen molar-refractivity contribution < 1.29 is 15.0 Å². The van der Waals surface area contributed by atoms with E-state index in [0.717, 1.165) is 0 Å². The Kier molecular flexibility index (Phi) is 4.60. The molecular formula is C2H8NO3P. The zero-order valence-corrected chi connectivity index (χ0v) is 4.92. The smallest absolute Gasteiger partial charge is 0.0769 e. The summed E-state index contributed by atoms with van der Waals surface area (Å²) in [4.78, 5) is 0. The molecule has 0 aromatic heterocycles. The van der Waals surface area contributed by atoms with Crippen LogP contribution in [0.25, 0.3) is 0 Å². The molecule has 2 atom stereocenters.